The molecule has 1 saturated heterocycles. The maximum absolute atomic E-state index is 10.9. The average molecular weight is 397 g/mol. The summed E-state index contributed by atoms with van der Waals surface area (Å²) in [5.74, 6) is 1.54. The van der Waals surface area contributed by atoms with Crippen LogP contribution in [0.4, 0.5) is 11.4 Å². The second-order valence-electron chi connectivity index (χ2n) is 6.98. The lowest BCUT2D eigenvalue weighted by Gasteiger charge is -2.35. The smallest absolute Gasteiger partial charge is 0.269 e. The summed E-state index contributed by atoms with van der Waals surface area (Å²) >= 11 is 0. The first-order valence-electron chi connectivity index (χ1n) is 9.68. The van der Waals surface area contributed by atoms with Crippen molar-refractivity contribution in [2.45, 2.75) is 25.4 Å². The molecule has 1 aliphatic heterocycles. The Morgan fingerprint density at radius 3 is 2.90 bits per heavy atom. The Labute approximate surface area is 170 Å². The van der Waals surface area contributed by atoms with Crippen LogP contribution >= 0.6 is 0 Å². The number of benzene rings is 2. The largest absolute Gasteiger partial charge is 0.497 e. The zero-order valence-electron chi connectivity index (χ0n) is 16.8. The predicted octanol–water partition coefficient (Wildman–Crippen LogP) is 2.94. The number of methoxy groups -OCH3 is 1. The van der Waals surface area contributed by atoms with Gasteiger partial charge in [-0.3, -0.25) is 15.1 Å². The van der Waals surface area contributed by atoms with Gasteiger partial charge < -0.3 is 20.3 Å². The SMILES string of the molecule is CN=C(NCc1cccc([N+](=O)[O-])c1)NC1CCCN(c2cccc(OC)c2)C1. The van der Waals surface area contributed by atoms with E-state index in [1.54, 1.807) is 26.3 Å². The van der Waals surface area contributed by atoms with Crippen LogP contribution in [0.2, 0.25) is 0 Å². The maximum atomic E-state index is 10.9. The number of aliphatic imine (C=N–C) groups is 1. The summed E-state index contributed by atoms with van der Waals surface area (Å²) in [5.41, 5.74) is 2.08. The van der Waals surface area contributed by atoms with Crippen LogP contribution in [0.3, 0.4) is 0 Å². The summed E-state index contributed by atoms with van der Waals surface area (Å²) in [5, 5.41) is 17.7. The topological polar surface area (TPSA) is 92.0 Å². The van der Waals surface area contributed by atoms with Gasteiger partial charge in [0, 0.05) is 56.6 Å². The number of nitro benzene ring substituents is 1. The van der Waals surface area contributed by atoms with E-state index in [-0.39, 0.29) is 16.7 Å². The number of piperidine rings is 1. The van der Waals surface area contributed by atoms with E-state index >= 15 is 0 Å². The van der Waals surface area contributed by atoms with E-state index in [9.17, 15) is 10.1 Å². The number of hydrogen-bond donors (Lipinski definition) is 2. The van der Waals surface area contributed by atoms with Crippen molar-refractivity contribution in [2.24, 2.45) is 4.99 Å². The van der Waals surface area contributed by atoms with E-state index in [0.29, 0.717) is 12.5 Å². The molecule has 0 aromatic heterocycles. The van der Waals surface area contributed by atoms with Crippen molar-refractivity contribution in [3.8, 4) is 5.75 Å². The molecule has 2 N–H and O–H groups in total. The number of non-ortho nitro benzene ring substituents is 1. The van der Waals surface area contributed by atoms with Gasteiger partial charge >= 0.3 is 0 Å². The van der Waals surface area contributed by atoms with E-state index < -0.39 is 0 Å². The van der Waals surface area contributed by atoms with Crippen LogP contribution in [0, 0.1) is 10.1 Å². The van der Waals surface area contributed by atoms with Crippen molar-refractivity contribution in [3.05, 3.63) is 64.2 Å². The van der Waals surface area contributed by atoms with E-state index in [4.69, 9.17) is 4.74 Å². The van der Waals surface area contributed by atoms with Gasteiger partial charge in [0.25, 0.3) is 5.69 Å². The lowest BCUT2D eigenvalue weighted by molar-refractivity contribution is -0.384. The van der Waals surface area contributed by atoms with Gasteiger partial charge in [-0.05, 0) is 30.5 Å². The molecule has 1 fully saturated rings. The highest BCUT2D eigenvalue weighted by Gasteiger charge is 2.21. The maximum Gasteiger partial charge on any atom is 0.269 e. The number of ether oxygens (including phenoxy) is 1. The van der Waals surface area contributed by atoms with Crippen LogP contribution in [0.15, 0.2) is 53.5 Å². The Balaban J connectivity index is 1.57. The summed E-state index contributed by atoms with van der Waals surface area (Å²) in [6, 6.07) is 15.0. The van der Waals surface area contributed by atoms with Gasteiger partial charge in [0.1, 0.15) is 5.75 Å². The van der Waals surface area contributed by atoms with Crippen molar-refractivity contribution in [3.63, 3.8) is 0 Å². The van der Waals surface area contributed by atoms with Crippen LogP contribution in [-0.4, -0.2) is 44.2 Å². The predicted molar refractivity (Wildman–Crippen MR) is 115 cm³/mol. The molecule has 154 valence electrons. The molecule has 3 rings (SSSR count). The normalized spacial score (nSPS) is 17.0. The molecule has 1 atom stereocenters. The van der Waals surface area contributed by atoms with Crippen LogP contribution in [0.25, 0.3) is 0 Å². The summed E-state index contributed by atoms with van der Waals surface area (Å²) in [4.78, 5) is 17.2. The van der Waals surface area contributed by atoms with Crippen LogP contribution in [0.1, 0.15) is 18.4 Å². The average Bonchev–Trinajstić information content (AvgIpc) is 2.77. The van der Waals surface area contributed by atoms with Gasteiger partial charge in [0.05, 0.1) is 12.0 Å². The second-order valence-corrected chi connectivity index (χ2v) is 6.98. The first kappa shape index (κ1) is 20.4. The fraction of sp³-hybridized carbons (Fsp3) is 0.381. The molecule has 29 heavy (non-hydrogen) atoms. The fourth-order valence-corrected chi connectivity index (χ4v) is 3.49. The van der Waals surface area contributed by atoms with Gasteiger partial charge in [0.15, 0.2) is 5.96 Å². The monoisotopic (exact) mass is 397 g/mol. The van der Waals surface area contributed by atoms with Gasteiger partial charge in [-0.1, -0.05) is 18.2 Å². The molecular formula is C21H27N5O3. The van der Waals surface area contributed by atoms with Gasteiger partial charge in [-0.25, -0.2) is 0 Å². The first-order valence-corrected chi connectivity index (χ1v) is 9.68. The molecule has 0 bridgehead atoms. The van der Waals surface area contributed by atoms with Crippen molar-refractivity contribution >= 4 is 17.3 Å². The standard InChI is InChI=1S/C21H27N5O3/c1-22-21(23-14-16-6-3-9-19(12-16)26(27)28)24-17-7-5-11-25(15-17)18-8-4-10-20(13-18)29-2/h3-4,6,8-10,12-13,17H,5,7,11,14-15H2,1-2H3,(H2,22,23,24). The zero-order valence-corrected chi connectivity index (χ0v) is 16.8. The number of guanidine groups is 1. The van der Waals surface area contributed by atoms with Crippen LogP contribution in [0.5, 0.6) is 5.75 Å². The molecule has 0 amide bonds. The summed E-state index contributed by atoms with van der Waals surface area (Å²) in [7, 11) is 3.40. The number of nitrogens with one attached hydrogen (secondary N) is 2. The van der Waals surface area contributed by atoms with E-state index in [0.717, 1.165) is 42.9 Å². The molecule has 0 saturated carbocycles. The summed E-state index contributed by atoms with van der Waals surface area (Å²) in [6.07, 6.45) is 2.13. The highest BCUT2D eigenvalue weighted by molar-refractivity contribution is 5.80. The summed E-state index contributed by atoms with van der Waals surface area (Å²) in [6.45, 7) is 2.34. The van der Waals surface area contributed by atoms with E-state index in [1.165, 1.54) is 6.07 Å². The minimum Gasteiger partial charge on any atom is -0.497 e. The van der Waals surface area contributed by atoms with Crippen molar-refractivity contribution < 1.29 is 9.66 Å². The Morgan fingerprint density at radius 2 is 2.14 bits per heavy atom. The molecule has 1 unspecified atom stereocenters. The van der Waals surface area contributed by atoms with Crippen LogP contribution < -0.4 is 20.3 Å². The fourth-order valence-electron chi connectivity index (χ4n) is 3.49. The van der Waals surface area contributed by atoms with E-state index in [1.807, 2.05) is 18.2 Å². The third kappa shape index (κ3) is 5.60. The molecule has 8 nitrogen and oxygen atoms in total. The number of hydrogen-bond acceptors (Lipinski definition) is 5. The van der Waals surface area contributed by atoms with Gasteiger partial charge in [-0.2, -0.15) is 0 Å². The zero-order chi connectivity index (χ0) is 20.6. The number of rotatable bonds is 6. The lowest BCUT2D eigenvalue weighted by atomic mass is 10.0. The van der Waals surface area contributed by atoms with Crippen molar-refractivity contribution in [1.29, 1.82) is 0 Å². The molecule has 1 heterocycles. The molecule has 0 radical (unpaired) electrons. The van der Waals surface area contributed by atoms with Gasteiger partial charge in [0.2, 0.25) is 0 Å². The molecule has 2 aromatic rings. The number of anilines is 1. The highest BCUT2D eigenvalue weighted by Crippen LogP contribution is 2.24. The lowest BCUT2D eigenvalue weighted by Crippen LogP contribution is -2.51. The molecule has 1 aliphatic rings. The van der Waals surface area contributed by atoms with Crippen molar-refractivity contribution in [2.75, 3.05) is 32.1 Å². The minimum atomic E-state index is -0.383. The second kappa shape index (κ2) is 9.77. The molecular weight excluding hydrogens is 370 g/mol. The quantitative estimate of drug-likeness (QED) is 0.337. The summed E-state index contributed by atoms with van der Waals surface area (Å²) < 4.78 is 5.34. The molecule has 8 heteroatoms. The molecule has 2 aromatic carbocycles. The first-order chi connectivity index (χ1) is 14.1. The van der Waals surface area contributed by atoms with Gasteiger partial charge in [-0.15, -0.1) is 0 Å². The third-order valence-electron chi connectivity index (χ3n) is 4.99. The third-order valence-corrected chi connectivity index (χ3v) is 4.99. The Hall–Kier alpha value is -3.29. The number of nitrogens with zero attached hydrogens (tertiary/aromatic N) is 3. The minimum absolute atomic E-state index is 0.0912. The Morgan fingerprint density at radius 1 is 1.31 bits per heavy atom. The van der Waals surface area contributed by atoms with Crippen LogP contribution in [-0.2, 0) is 6.54 Å². The highest BCUT2D eigenvalue weighted by atomic mass is 16.6. The molecule has 0 aliphatic carbocycles. The molecule has 0 spiro atoms. The number of nitro groups is 1. The Kier molecular flexibility index (Phi) is 6.89. The Bertz CT molecular complexity index is 871. The van der Waals surface area contributed by atoms with Crippen molar-refractivity contribution in [1.82, 2.24) is 10.6 Å². The van der Waals surface area contributed by atoms with E-state index in [2.05, 4.69) is 32.7 Å².